The Kier molecular flexibility index (Phi) is 3.61. The molecule has 0 spiro atoms. The largest absolute Gasteiger partial charge is 0.342 e. The fourth-order valence-electron chi connectivity index (χ4n) is 4.73. The van der Waals surface area contributed by atoms with Crippen molar-refractivity contribution in [2.45, 2.75) is 65.2 Å². The molecule has 1 aliphatic heterocycles. The van der Waals surface area contributed by atoms with Crippen LogP contribution in [0.4, 0.5) is 0 Å². The Morgan fingerprint density at radius 2 is 1.58 bits per heavy atom. The van der Waals surface area contributed by atoms with Gasteiger partial charge in [-0.1, -0.05) is 39.5 Å². The molecule has 0 aromatic rings. The van der Waals surface area contributed by atoms with Gasteiger partial charge in [-0.2, -0.15) is 0 Å². The first-order valence-corrected chi connectivity index (χ1v) is 8.49. The first-order chi connectivity index (χ1) is 9.21. The predicted molar refractivity (Wildman–Crippen MR) is 77.8 cm³/mol. The van der Waals surface area contributed by atoms with Gasteiger partial charge in [-0.05, 0) is 42.9 Å². The molecule has 0 bridgehead atoms. The monoisotopic (exact) mass is 263 g/mol. The van der Waals surface area contributed by atoms with E-state index in [9.17, 15) is 4.79 Å². The maximum atomic E-state index is 12.6. The Hall–Kier alpha value is -0.530. The summed E-state index contributed by atoms with van der Waals surface area (Å²) in [6.07, 6.45) is 10.4. The molecule has 3 rings (SSSR count). The second-order valence-electron chi connectivity index (χ2n) is 7.17. The summed E-state index contributed by atoms with van der Waals surface area (Å²) in [4.78, 5) is 14.8. The van der Waals surface area contributed by atoms with Crippen molar-refractivity contribution < 1.29 is 4.79 Å². The molecule has 2 saturated carbocycles. The standard InChI is InChI=1S/C17H29NO/c1-3-17(4-2)9-11-18(12-10-17)16(19)15-13-7-5-6-8-14(13)15/h13-15H,3-12H2,1-2H3/t13-,14-/m1/s1. The van der Waals surface area contributed by atoms with Crippen LogP contribution in [0.3, 0.4) is 0 Å². The van der Waals surface area contributed by atoms with Gasteiger partial charge in [0.25, 0.3) is 0 Å². The summed E-state index contributed by atoms with van der Waals surface area (Å²) in [6.45, 7) is 6.68. The zero-order valence-electron chi connectivity index (χ0n) is 12.7. The van der Waals surface area contributed by atoms with Crippen LogP contribution in [-0.2, 0) is 4.79 Å². The van der Waals surface area contributed by atoms with Gasteiger partial charge >= 0.3 is 0 Å². The fourth-order valence-corrected chi connectivity index (χ4v) is 4.73. The molecule has 1 saturated heterocycles. The second-order valence-corrected chi connectivity index (χ2v) is 7.17. The Labute approximate surface area is 117 Å². The second kappa shape index (κ2) is 5.10. The third kappa shape index (κ3) is 2.32. The van der Waals surface area contributed by atoms with E-state index >= 15 is 0 Å². The number of rotatable bonds is 3. The molecule has 19 heavy (non-hydrogen) atoms. The summed E-state index contributed by atoms with van der Waals surface area (Å²) in [5.41, 5.74) is 0.535. The van der Waals surface area contributed by atoms with Crippen LogP contribution < -0.4 is 0 Å². The molecule has 0 unspecified atom stereocenters. The lowest BCUT2D eigenvalue weighted by molar-refractivity contribution is -0.135. The number of hydrogen-bond acceptors (Lipinski definition) is 1. The maximum absolute atomic E-state index is 12.6. The Morgan fingerprint density at radius 3 is 2.05 bits per heavy atom. The average Bonchev–Trinajstić information content (AvgIpc) is 3.21. The van der Waals surface area contributed by atoms with Gasteiger partial charge in [-0.3, -0.25) is 4.79 Å². The van der Waals surface area contributed by atoms with Gasteiger partial charge in [0, 0.05) is 19.0 Å². The van der Waals surface area contributed by atoms with Gasteiger partial charge in [0.1, 0.15) is 0 Å². The molecule has 1 amide bonds. The Bertz CT molecular complexity index is 325. The predicted octanol–water partition coefficient (Wildman–Crippen LogP) is 3.85. The van der Waals surface area contributed by atoms with Gasteiger partial charge in [0.05, 0.1) is 0 Å². The van der Waals surface area contributed by atoms with E-state index in [1.807, 2.05) is 0 Å². The molecule has 108 valence electrons. The van der Waals surface area contributed by atoms with Gasteiger partial charge in [-0.25, -0.2) is 0 Å². The number of likely N-dealkylation sites (tertiary alicyclic amines) is 1. The quantitative estimate of drug-likeness (QED) is 0.757. The number of carbonyl (C=O) groups is 1. The highest BCUT2D eigenvalue weighted by Crippen LogP contribution is 2.56. The van der Waals surface area contributed by atoms with Crippen molar-refractivity contribution in [2.75, 3.05) is 13.1 Å². The third-order valence-corrected chi connectivity index (χ3v) is 6.58. The molecular weight excluding hydrogens is 234 g/mol. The van der Waals surface area contributed by atoms with Crippen molar-refractivity contribution in [1.29, 1.82) is 0 Å². The first kappa shape index (κ1) is 13.5. The highest BCUT2D eigenvalue weighted by molar-refractivity contribution is 5.82. The van der Waals surface area contributed by atoms with E-state index in [2.05, 4.69) is 18.7 Å². The molecule has 0 aromatic heterocycles. The fraction of sp³-hybridized carbons (Fsp3) is 0.941. The van der Waals surface area contributed by atoms with E-state index in [4.69, 9.17) is 0 Å². The van der Waals surface area contributed by atoms with E-state index in [0.29, 0.717) is 17.2 Å². The van der Waals surface area contributed by atoms with Gasteiger partial charge in [0.2, 0.25) is 5.91 Å². The SMILES string of the molecule is CCC1(CC)CCN(C(=O)C2[C@@H]3CCCC[C@@H]23)CC1. The zero-order chi connectivity index (χ0) is 13.5. The number of piperidine rings is 1. The molecule has 0 aromatic carbocycles. The van der Waals surface area contributed by atoms with Crippen molar-refractivity contribution in [2.24, 2.45) is 23.2 Å². The van der Waals surface area contributed by atoms with Gasteiger partial charge in [-0.15, -0.1) is 0 Å². The molecule has 3 aliphatic rings. The van der Waals surface area contributed by atoms with Gasteiger partial charge < -0.3 is 4.90 Å². The third-order valence-electron chi connectivity index (χ3n) is 6.58. The summed E-state index contributed by atoms with van der Waals surface area (Å²) in [6, 6.07) is 0. The van der Waals surface area contributed by atoms with Crippen LogP contribution in [0, 0.1) is 23.2 Å². The molecule has 3 fully saturated rings. The first-order valence-electron chi connectivity index (χ1n) is 8.49. The molecule has 2 heteroatoms. The van der Waals surface area contributed by atoms with Gasteiger partial charge in [0.15, 0.2) is 0 Å². The van der Waals surface area contributed by atoms with Crippen molar-refractivity contribution in [3.05, 3.63) is 0 Å². The van der Waals surface area contributed by atoms with Crippen LogP contribution in [0.25, 0.3) is 0 Å². The number of nitrogens with zero attached hydrogens (tertiary/aromatic N) is 1. The van der Waals surface area contributed by atoms with Crippen molar-refractivity contribution in [3.63, 3.8) is 0 Å². The van der Waals surface area contributed by atoms with Crippen molar-refractivity contribution in [3.8, 4) is 0 Å². The lowest BCUT2D eigenvalue weighted by atomic mass is 9.74. The van der Waals surface area contributed by atoms with E-state index < -0.39 is 0 Å². The Balaban J connectivity index is 1.56. The molecule has 2 atom stereocenters. The lowest BCUT2D eigenvalue weighted by Crippen LogP contribution is -2.43. The zero-order valence-corrected chi connectivity index (χ0v) is 12.7. The van der Waals surface area contributed by atoms with Crippen LogP contribution in [-0.4, -0.2) is 23.9 Å². The summed E-state index contributed by atoms with van der Waals surface area (Å²) in [7, 11) is 0. The molecule has 2 aliphatic carbocycles. The number of fused-ring (bicyclic) bond motifs is 1. The van der Waals surface area contributed by atoms with Crippen LogP contribution in [0.1, 0.15) is 65.2 Å². The minimum atomic E-state index is 0.429. The Morgan fingerprint density at radius 1 is 1.05 bits per heavy atom. The van der Waals surface area contributed by atoms with E-state index in [1.165, 1.54) is 51.4 Å². The maximum Gasteiger partial charge on any atom is 0.226 e. The molecule has 1 heterocycles. The summed E-state index contributed by atoms with van der Waals surface area (Å²) in [5.74, 6) is 2.48. The summed E-state index contributed by atoms with van der Waals surface area (Å²) < 4.78 is 0. The number of hydrogen-bond donors (Lipinski definition) is 0. The summed E-state index contributed by atoms with van der Waals surface area (Å²) >= 11 is 0. The van der Waals surface area contributed by atoms with E-state index in [1.54, 1.807) is 0 Å². The molecule has 0 N–H and O–H groups in total. The average molecular weight is 263 g/mol. The number of carbonyl (C=O) groups excluding carboxylic acids is 1. The number of amides is 1. The van der Waals surface area contributed by atoms with Crippen LogP contribution >= 0.6 is 0 Å². The highest BCUT2D eigenvalue weighted by Gasteiger charge is 2.56. The molecule has 2 nitrogen and oxygen atoms in total. The highest BCUT2D eigenvalue weighted by atomic mass is 16.2. The normalized spacial score (nSPS) is 36.7. The van der Waals surface area contributed by atoms with E-state index in [-0.39, 0.29) is 0 Å². The van der Waals surface area contributed by atoms with Crippen molar-refractivity contribution >= 4 is 5.91 Å². The van der Waals surface area contributed by atoms with Crippen LogP contribution in [0.15, 0.2) is 0 Å². The molecular formula is C17H29NO. The van der Waals surface area contributed by atoms with Crippen molar-refractivity contribution in [1.82, 2.24) is 4.90 Å². The minimum Gasteiger partial charge on any atom is -0.342 e. The minimum absolute atomic E-state index is 0.429. The smallest absolute Gasteiger partial charge is 0.226 e. The van der Waals surface area contributed by atoms with Crippen LogP contribution in [0.2, 0.25) is 0 Å². The van der Waals surface area contributed by atoms with Crippen LogP contribution in [0.5, 0.6) is 0 Å². The lowest BCUT2D eigenvalue weighted by Gasteiger charge is -2.41. The summed E-state index contributed by atoms with van der Waals surface area (Å²) in [5, 5.41) is 0. The van der Waals surface area contributed by atoms with E-state index in [0.717, 1.165) is 24.9 Å². The topological polar surface area (TPSA) is 20.3 Å². The molecule has 0 radical (unpaired) electrons.